The molecule has 0 saturated carbocycles. The number of guanidine groups is 1. The van der Waals surface area contributed by atoms with Crippen LogP contribution in [-0.4, -0.2) is 49.7 Å². The van der Waals surface area contributed by atoms with Crippen molar-refractivity contribution in [1.82, 2.24) is 10.2 Å². The number of hydrogen-bond donors (Lipinski definition) is 1. The molecule has 0 spiro atoms. The summed E-state index contributed by atoms with van der Waals surface area (Å²) in [5, 5.41) is 3.39. The molecule has 1 rings (SSSR count). The molecular weight excluding hydrogens is 226 g/mol. The van der Waals surface area contributed by atoms with E-state index in [9.17, 15) is 0 Å². The highest BCUT2D eigenvalue weighted by Crippen LogP contribution is 2.13. The molecule has 1 fully saturated rings. The highest BCUT2D eigenvalue weighted by molar-refractivity contribution is 5.80. The molecule has 0 unspecified atom stereocenters. The fourth-order valence-electron chi connectivity index (χ4n) is 2.24. The summed E-state index contributed by atoms with van der Waals surface area (Å²) in [5.74, 6) is 1.08. The molecule has 1 saturated heterocycles. The average molecular weight is 255 g/mol. The average Bonchev–Trinajstić information content (AvgIpc) is 2.39. The van der Waals surface area contributed by atoms with E-state index < -0.39 is 0 Å². The normalized spacial score (nSPS) is 18.2. The maximum Gasteiger partial charge on any atom is 0.193 e. The van der Waals surface area contributed by atoms with Crippen molar-refractivity contribution in [2.45, 2.75) is 52.6 Å². The number of aliphatic imine (C=N–C) groups is 1. The van der Waals surface area contributed by atoms with E-state index in [-0.39, 0.29) is 0 Å². The fourth-order valence-corrected chi connectivity index (χ4v) is 2.24. The summed E-state index contributed by atoms with van der Waals surface area (Å²) >= 11 is 0. The number of hydrogen-bond acceptors (Lipinski definition) is 2. The summed E-state index contributed by atoms with van der Waals surface area (Å²) < 4.78 is 5.68. The lowest BCUT2D eigenvalue weighted by molar-refractivity contribution is 0.0264. The first kappa shape index (κ1) is 15.3. The minimum absolute atomic E-state index is 0.449. The van der Waals surface area contributed by atoms with Crippen LogP contribution < -0.4 is 5.32 Å². The van der Waals surface area contributed by atoms with Gasteiger partial charge in [-0.1, -0.05) is 13.3 Å². The standard InChI is InChI=1S/C14H29N3O/c1-4-7-10-16-14(15-5-2)17-11-8-13(9-12-17)18-6-3/h13H,4-12H2,1-3H3,(H,15,16). The Labute approximate surface area is 112 Å². The van der Waals surface area contributed by atoms with Crippen molar-refractivity contribution in [3.05, 3.63) is 0 Å². The molecule has 1 aliphatic rings. The molecular formula is C14H29N3O. The van der Waals surface area contributed by atoms with Gasteiger partial charge in [-0.2, -0.15) is 0 Å². The second kappa shape index (κ2) is 9.20. The van der Waals surface area contributed by atoms with Gasteiger partial charge in [0, 0.05) is 32.8 Å². The minimum atomic E-state index is 0.449. The SMILES string of the molecule is CCCCN=C(NCC)N1CCC(OCC)CC1. The number of ether oxygens (including phenoxy) is 1. The first-order chi connectivity index (χ1) is 8.81. The van der Waals surface area contributed by atoms with Gasteiger partial charge in [-0.3, -0.25) is 4.99 Å². The topological polar surface area (TPSA) is 36.9 Å². The Kier molecular flexibility index (Phi) is 7.81. The molecule has 4 heteroatoms. The molecule has 106 valence electrons. The Balaban J connectivity index is 2.42. The number of likely N-dealkylation sites (tertiary alicyclic amines) is 1. The van der Waals surface area contributed by atoms with Crippen LogP contribution in [0.1, 0.15) is 46.5 Å². The van der Waals surface area contributed by atoms with Crippen molar-refractivity contribution in [3.63, 3.8) is 0 Å². The van der Waals surface area contributed by atoms with Crippen LogP contribution in [0.2, 0.25) is 0 Å². The van der Waals surface area contributed by atoms with Gasteiger partial charge in [-0.05, 0) is 33.1 Å². The van der Waals surface area contributed by atoms with Crippen LogP contribution in [0.4, 0.5) is 0 Å². The van der Waals surface area contributed by atoms with Crippen molar-refractivity contribution in [3.8, 4) is 0 Å². The third kappa shape index (κ3) is 5.25. The van der Waals surface area contributed by atoms with E-state index in [1.807, 2.05) is 0 Å². The van der Waals surface area contributed by atoms with Gasteiger partial charge >= 0.3 is 0 Å². The monoisotopic (exact) mass is 255 g/mol. The lowest BCUT2D eigenvalue weighted by atomic mass is 10.1. The van der Waals surface area contributed by atoms with Crippen LogP contribution in [-0.2, 0) is 4.74 Å². The molecule has 0 aliphatic carbocycles. The third-order valence-corrected chi connectivity index (χ3v) is 3.25. The van der Waals surface area contributed by atoms with Crippen LogP contribution in [0.25, 0.3) is 0 Å². The number of nitrogens with one attached hydrogen (secondary N) is 1. The van der Waals surface area contributed by atoms with Gasteiger partial charge in [-0.15, -0.1) is 0 Å². The van der Waals surface area contributed by atoms with Crippen molar-refractivity contribution in [1.29, 1.82) is 0 Å². The molecule has 0 atom stereocenters. The third-order valence-electron chi connectivity index (χ3n) is 3.25. The van der Waals surface area contributed by atoms with Crippen LogP contribution in [0.5, 0.6) is 0 Å². The summed E-state index contributed by atoms with van der Waals surface area (Å²) in [4.78, 5) is 7.06. The van der Waals surface area contributed by atoms with E-state index in [2.05, 4.69) is 36.0 Å². The molecule has 18 heavy (non-hydrogen) atoms. The fraction of sp³-hybridized carbons (Fsp3) is 0.929. The van der Waals surface area contributed by atoms with Crippen molar-refractivity contribution in [2.75, 3.05) is 32.8 Å². The molecule has 0 aromatic heterocycles. The van der Waals surface area contributed by atoms with E-state index in [4.69, 9.17) is 4.74 Å². The lowest BCUT2D eigenvalue weighted by Crippen LogP contribution is -2.47. The molecule has 1 aliphatic heterocycles. The number of nitrogens with zero attached hydrogens (tertiary/aromatic N) is 2. The number of piperidine rings is 1. The summed E-state index contributed by atoms with van der Waals surface area (Å²) in [6, 6.07) is 0. The molecule has 0 aromatic rings. The van der Waals surface area contributed by atoms with Crippen molar-refractivity contribution < 1.29 is 4.74 Å². The smallest absolute Gasteiger partial charge is 0.193 e. The molecule has 0 bridgehead atoms. The van der Waals surface area contributed by atoms with Crippen LogP contribution in [0.15, 0.2) is 4.99 Å². The summed E-state index contributed by atoms with van der Waals surface area (Å²) in [6.07, 6.45) is 5.06. The van der Waals surface area contributed by atoms with Crippen LogP contribution in [0.3, 0.4) is 0 Å². The highest BCUT2D eigenvalue weighted by Gasteiger charge is 2.21. The first-order valence-electron chi connectivity index (χ1n) is 7.46. The Morgan fingerprint density at radius 1 is 1.28 bits per heavy atom. The molecule has 0 radical (unpaired) electrons. The lowest BCUT2D eigenvalue weighted by Gasteiger charge is -2.34. The zero-order chi connectivity index (χ0) is 13.2. The Bertz CT molecular complexity index is 235. The van der Waals surface area contributed by atoms with E-state index in [0.29, 0.717) is 6.10 Å². The van der Waals surface area contributed by atoms with E-state index in [1.54, 1.807) is 0 Å². The van der Waals surface area contributed by atoms with Gasteiger partial charge in [0.25, 0.3) is 0 Å². The van der Waals surface area contributed by atoms with Crippen molar-refractivity contribution >= 4 is 5.96 Å². The Morgan fingerprint density at radius 3 is 2.56 bits per heavy atom. The van der Waals surface area contributed by atoms with Crippen LogP contribution in [0, 0.1) is 0 Å². The van der Waals surface area contributed by atoms with Gasteiger partial charge < -0.3 is 15.0 Å². The van der Waals surface area contributed by atoms with Gasteiger partial charge in [0.15, 0.2) is 5.96 Å². The zero-order valence-electron chi connectivity index (χ0n) is 12.2. The molecule has 1 N–H and O–H groups in total. The van der Waals surface area contributed by atoms with E-state index in [0.717, 1.165) is 51.6 Å². The first-order valence-corrected chi connectivity index (χ1v) is 7.46. The maximum absolute atomic E-state index is 5.68. The van der Waals surface area contributed by atoms with E-state index in [1.165, 1.54) is 12.8 Å². The molecule has 4 nitrogen and oxygen atoms in total. The molecule has 1 heterocycles. The van der Waals surface area contributed by atoms with Gasteiger partial charge in [0.1, 0.15) is 0 Å². The summed E-state index contributed by atoms with van der Waals surface area (Å²) in [5.41, 5.74) is 0. The van der Waals surface area contributed by atoms with Gasteiger partial charge in [-0.25, -0.2) is 0 Å². The minimum Gasteiger partial charge on any atom is -0.378 e. The predicted molar refractivity (Wildman–Crippen MR) is 77.1 cm³/mol. The highest BCUT2D eigenvalue weighted by atomic mass is 16.5. The number of rotatable bonds is 6. The second-order valence-electron chi connectivity index (χ2n) is 4.73. The summed E-state index contributed by atoms with van der Waals surface area (Å²) in [7, 11) is 0. The Morgan fingerprint density at radius 2 is 2.00 bits per heavy atom. The molecule has 0 aromatic carbocycles. The molecule has 0 amide bonds. The van der Waals surface area contributed by atoms with E-state index >= 15 is 0 Å². The quantitative estimate of drug-likeness (QED) is 0.449. The largest absolute Gasteiger partial charge is 0.378 e. The summed E-state index contributed by atoms with van der Waals surface area (Å²) in [6.45, 7) is 11.2. The van der Waals surface area contributed by atoms with Crippen molar-refractivity contribution in [2.24, 2.45) is 4.99 Å². The van der Waals surface area contributed by atoms with Gasteiger partial charge in [0.05, 0.1) is 6.10 Å². The predicted octanol–water partition coefficient (Wildman–Crippen LogP) is 2.25. The second-order valence-corrected chi connectivity index (χ2v) is 4.73. The van der Waals surface area contributed by atoms with Crippen LogP contribution >= 0.6 is 0 Å². The van der Waals surface area contributed by atoms with Gasteiger partial charge in [0.2, 0.25) is 0 Å². The maximum atomic E-state index is 5.68. The zero-order valence-corrected chi connectivity index (χ0v) is 12.2. The Hall–Kier alpha value is -0.770. The number of unbranched alkanes of at least 4 members (excludes halogenated alkanes) is 1.